The molecule has 0 bridgehead atoms. The van der Waals surface area contributed by atoms with Gasteiger partial charge in [-0.15, -0.1) is 0 Å². The molecule has 2 aromatic rings. The van der Waals surface area contributed by atoms with Gasteiger partial charge in [-0.05, 0) is 47.8 Å². The predicted octanol–water partition coefficient (Wildman–Crippen LogP) is 3.37. The van der Waals surface area contributed by atoms with Gasteiger partial charge in [0.15, 0.2) is 0 Å². The van der Waals surface area contributed by atoms with Crippen molar-refractivity contribution in [3.05, 3.63) is 51.3 Å². The fourth-order valence-corrected chi connectivity index (χ4v) is 3.79. The zero-order valence-corrected chi connectivity index (χ0v) is 14.5. The Hall–Kier alpha value is -1.13. The van der Waals surface area contributed by atoms with Crippen LogP contribution in [0.1, 0.15) is 29.4 Å². The van der Waals surface area contributed by atoms with Crippen LogP contribution in [0.25, 0.3) is 0 Å². The van der Waals surface area contributed by atoms with Crippen LogP contribution in [-0.4, -0.2) is 22.9 Å². The van der Waals surface area contributed by atoms with Crippen LogP contribution in [0.4, 0.5) is 0 Å². The molecule has 0 radical (unpaired) electrons. The van der Waals surface area contributed by atoms with E-state index >= 15 is 0 Å². The van der Waals surface area contributed by atoms with E-state index in [1.54, 1.807) is 0 Å². The number of hydrogen-bond donors (Lipinski definition) is 1. The Bertz CT molecular complexity index is 656. The van der Waals surface area contributed by atoms with E-state index in [1.165, 1.54) is 21.3 Å². The van der Waals surface area contributed by atoms with Crippen molar-refractivity contribution in [2.75, 3.05) is 13.1 Å². The SMILES string of the molecule is CCn1nc(C)c(Br)c1CC1(c2ccccc2C)CNC1. The molecule has 0 aliphatic carbocycles. The van der Waals surface area contributed by atoms with E-state index in [-0.39, 0.29) is 5.41 Å². The monoisotopic (exact) mass is 347 g/mol. The Morgan fingerprint density at radius 2 is 2.00 bits per heavy atom. The predicted molar refractivity (Wildman–Crippen MR) is 89.8 cm³/mol. The molecule has 2 heterocycles. The molecule has 1 fully saturated rings. The first-order valence-electron chi connectivity index (χ1n) is 7.56. The molecular weight excluding hydrogens is 326 g/mol. The molecule has 0 saturated carbocycles. The van der Waals surface area contributed by atoms with Crippen molar-refractivity contribution in [2.45, 2.75) is 39.2 Å². The van der Waals surface area contributed by atoms with Gasteiger partial charge >= 0.3 is 0 Å². The van der Waals surface area contributed by atoms with Gasteiger partial charge in [0.1, 0.15) is 0 Å². The minimum absolute atomic E-state index is 0.202. The zero-order chi connectivity index (χ0) is 15.0. The summed E-state index contributed by atoms with van der Waals surface area (Å²) in [7, 11) is 0. The van der Waals surface area contributed by atoms with Crippen molar-refractivity contribution in [2.24, 2.45) is 0 Å². The molecule has 3 nitrogen and oxygen atoms in total. The van der Waals surface area contributed by atoms with Gasteiger partial charge in [0, 0.05) is 31.5 Å². The fourth-order valence-electron chi connectivity index (χ4n) is 3.36. The lowest BCUT2D eigenvalue weighted by Gasteiger charge is -2.44. The van der Waals surface area contributed by atoms with Crippen molar-refractivity contribution in [1.82, 2.24) is 15.1 Å². The number of nitrogens with zero attached hydrogens (tertiary/aromatic N) is 2. The molecule has 4 heteroatoms. The van der Waals surface area contributed by atoms with Crippen LogP contribution in [0.2, 0.25) is 0 Å². The van der Waals surface area contributed by atoms with Gasteiger partial charge in [-0.1, -0.05) is 24.3 Å². The van der Waals surface area contributed by atoms with Crippen molar-refractivity contribution < 1.29 is 0 Å². The average molecular weight is 348 g/mol. The second kappa shape index (κ2) is 5.58. The third kappa shape index (κ3) is 2.44. The zero-order valence-electron chi connectivity index (χ0n) is 12.9. The van der Waals surface area contributed by atoms with Crippen LogP contribution in [0.5, 0.6) is 0 Å². The summed E-state index contributed by atoms with van der Waals surface area (Å²) in [6, 6.07) is 8.77. The molecule has 0 spiro atoms. The van der Waals surface area contributed by atoms with Gasteiger partial charge in [-0.25, -0.2) is 0 Å². The van der Waals surface area contributed by atoms with E-state index < -0.39 is 0 Å². The number of nitrogens with one attached hydrogen (secondary N) is 1. The first-order valence-corrected chi connectivity index (χ1v) is 8.35. The van der Waals surface area contributed by atoms with E-state index in [4.69, 9.17) is 0 Å². The topological polar surface area (TPSA) is 29.9 Å². The van der Waals surface area contributed by atoms with Gasteiger partial charge in [-0.2, -0.15) is 5.10 Å². The molecule has 3 rings (SSSR count). The van der Waals surface area contributed by atoms with Gasteiger partial charge in [0.05, 0.1) is 15.9 Å². The molecule has 1 aromatic heterocycles. The van der Waals surface area contributed by atoms with E-state index in [1.807, 2.05) is 0 Å². The fraction of sp³-hybridized carbons (Fsp3) is 0.471. The Labute approximate surface area is 134 Å². The summed E-state index contributed by atoms with van der Waals surface area (Å²) in [5.74, 6) is 0. The maximum Gasteiger partial charge on any atom is 0.0738 e. The summed E-state index contributed by atoms with van der Waals surface area (Å²) >= 11 is 3.74. The lowest BCUT2D eigenvalue weighted by atomic mass is 9.70. The summed E-state index contributed by atoms with van der Waals surface area (Å²) in [4.78, 5) is 0. The summed E-state index contributed by atoms with van der Waals surface area (Å²) in [5, 5.41) is 8.10. The third-order valence-corrected chi connectivity index (χ3v) is 5.63. The normalized spacial score (nSPS) is 16.8. The highest BCUT2D eigenvalue weighted by atomic mass is 79.9. The quantitative estimate of drug-likeness (QED) is 0.918. The highest BCUT2D eigenvalue weighted by Crippen LogP contribution is 2.36. The van der Waals surface area contributed by atoms with Crippen molar-refractivity contribution in [3.63, 3.8) is 0 Å². The summed E-state index contributed by atoms with van der Waals surface area (Å²) in [6.07, 6.45) is 1.03. The smallest absolute Gasteiger partial charge is 0.0738 e. The Morgan fingerprint density at radius 3 is 2.57 bits per heavy atom. The molecule has 1 aromatic carbocycles. The van der Waals surface area contributed by atoms with Crippen LogP contribution < -0.4 is 5.32 Å². The van der Waals surface area contributed by atoms with Crippen molar-refractivity contribution in [3.8, 4) is 0 Å². The van der Waals surface area contributed by atoms with Crippen LogP contribution >= 0.6 is 15.9 Å². The molecule has 1 aliphatic heterocycles. The minimum Gasteiger partial charge on any atom is -0.315 e. The Morgan fingerprint density at radius 1 is 1.29 bits per heavy atom. The Kier molecular flexibility index (Phi) is 3.93. The maximum absolute atomic E-state index is 4.64. The number of aromatic nitrogens is 2. The largest absolute Gasteiger partial charge is 0.315 e. The van der Waals surface area contributed by atoms with Crippen LogP contribution in [0.3, 0.4) is 0 Å². The van der Waals surface area contributed by atoms with Crippen LogP contribution in [0.15, 0.2) is 28.7 Å². The highest BCUT2D eigenvalue weighted by Gasteiger charge is 2.41. The number of rotatable bonds is 4. The van der Waals surface area contributed by atoms with Gasteiger partial charge < -0.3 is 5.32 Å². The van der Waals surface area contributed by atoms with E-state index in [0.717, 1.165) is 31.7 Å². The van der Waals surface area contributed by atoms with Gasteiger partial charge in [0.2, 0.25) is 0 Å². The van der Waals surface area contributed by atoms with Gasteiger partial charge in [0.25, 0.3) is 0 Å². The summed E-state index contributed by atoms with van der Waals surface area (Å²) < 4.78 is 3.31. The molecule has 1 saturated heterocycles. The molecule has 0 unspecified atom stereocenters. The first-order chi connectivity index (χ1) is 10.1. The van der Waals surface area contributed by atoms with Crippen LogP contribution in [-0.2, 0) is 18.4 Å². The van der Waals surface area contributed by atoms with Crippen molar-refractivity contribution in [1.29, 1.82) is 0 Å². The first kappa shape index (κ1) is 14.8. The summed E-state index contributed by atoms with van der Waals surface area (Å²) in [5.41, 5.74) is 5.46. The standard InChI is InChI=1S/C17H22BrN3/c1-4-21-15(16(18)13(3)20-21)9-17(10-19-11-17)14-8-6-5-7-12(14)2/h5-8,19H,4,9-11H2,1-3H3. The second-order valence-electron chi connectivity index (χ2n) is 6.04. The van der Waals surface area contributed by atoms with E-state index in [9.17, 15) is 0 Å². The minimum atomic E-state index is 0.202. The Balaban J connectivity index is 2.01. The lowest BCUT2D eigenvalue weighted by Crippen LogP contribution is -2.58. The highest BCUT2D eigenvalue weighted by molar-refractivity contribution is 9.10. The molecule has 1 N–H and O–H groups in total. The molecule has 0 atom stereocenters. The third-order valence-electron chi connectivity index (χ3n) is 4.60. The molecule has 1 aliphatic rings. The number of aryl methyl sites for hydroxylation is 3. The number of benzene rings is 1. The summed E-state index contributed by atoms with van der Waals surface area (Å²) in [6.45, 7) is 9.43. The number of halogens is 1. The number of hydrogen-bond acceptors (Lipinski definition) is 2. The van der Waals surface area contributed by atoms with E-state index in [0.29, 0.717) is 0 Å². The maximum atomic E-state index is 4.64. The molecule has 21 heavy (non-hydrogen) atoms. The average Bonchev–Trinajstić information content (AvgIpc) is 2.71. The molecule has 0 amide bonds. The molecular formula is C17H22BrN3. The lowest BCUT2D eigenvalue weighted by molar-refractivity contribution is 0.267. The van der Waals surface area contributed by atoms with Crippen LogP contribution in [0, 0.1) is 13.8 Å². The van der Waals surface area contributed by atoms with E-state index in [2.05, 4.69) is 76.1 Å². The van der Waals surface area contributed by atoms with Gasteiger partial charge in [-0.3, -0.25) is 4.68 Å². The second-order valence-corrected chi connectivity index (χ2v) is 6.83. The van der Waals surface area contributed by atoms with Crippen molar-refractivity contribution >= 4 is 15.9 Å². The molecule has 112 valence electrons.